The molecule has 21 heavy (non-hydrogen) atoms. The lowest BCUT2D eigenvalue weighted by Crippen LogP contribution is -2.13. The molecule has 2 aromatic carbocycles. The zero-order chi connectivity index (χ0) is 15.6. The van der Waals surface area contributed by atoms with Crippen molar-refractivity contribution in [1.82, 2.24) is 0 Å². The van der Waals surface area contributed by atoms with Gasteiger partial charge in [0.1, 0.15) is 5.75 Å². The number of hydrogen-bond donors (Lipinski definition) is 3. The Morgan fingerprint density at radius 2 is 1.90 bits per heavy atom. The molecule has 0 radical (unpaired) electrons. The number of aryl methyl sites for hydroxylation is 1. The van der Waals surface area contributed by atoms with Gasteiger partial charge in [-0.05, 0) is 55.3 Å². The highest BCUT2D eigenvalue weighted by Crippen LogP contribution is 2.25. The van der Waals surface area contributed by atoms with Crippen LogP contribution in [0.2, 0.25) is 0 Å². The van der Waals surface area contributed by atoms with Crippen molar-refractivity contribution >= 4 is 15.7 Å². The molecule has 0 spiro atoms. The summed E-state index contributed by atoms with van der Waals surface area (Å²) in [4.78, 5) is 0.0931. The van der Waals surface area contributed by atoms with Crippen molar-refractivity contribution in [1.29, 1.82) is 0 Å². The van der Waals surface area contributed by atoms with Crippen LogP contribution >= 0.6 is 0 Å². The highest BCUT2D eigenvalue weighted by molar-refractivity contribution is 7.89. The minimum atomic E-state index is -3.70. The molecule has 0 bridgehead atoms. The number of rotatable bonds is 4. The molecule has 0 aliphatic carbocycles. The average Bonchev–Trinajstić information content (AvgIpc) is 2.42. The van der Waals surface area contributed by atoms with E-state index >= 15 is 0 Å². The number of sulfonamides is 1. The van der Waals surface area contributed by atoms with E-state index in [1.165, 1.54) is 6.07 Å². The molecule has 0 fully saturated rings. The fourth-order valence-corrected chi connectivity index (χ4v) is 2.61. The minimum Gasteiger partial charge on any atom is -0.508 e. The van der Waals surface area contributed by atoms with Crippen LogP contribution in [0, 0.1) is 6.92 Å². The van der Waals surface area contributed by atoms with Crippen LogP contribution in [0.25, 0.3) is 0 Å². The standard InChI is InChI=1S/C15H18N2O3S/c1-10-8-13(6-7-15(10)18)17-11(2)12-4-3-5-14(9-12)21(16,19)20/h3-9,11,17-18H,1-2H3,(H2,16,19,20). The van der Waals surface area contributed by atoms with E-state index in [0.29, 0.717) is 0 Å². The van der Waals surface area contributed by atoms with Crippen LogP contribution in [-0.2, 0) is 10.0 Å². The molecule has 0 heterocycles. The topological polar surface area (TPSA) is 92.4 Å². The third-order valence-electron chi connectivity index (χ3n) is 3.27. The number of phenolic OH excluding ortho intramolecular Hbond substituents is 1. The van der Waals surface area contributed by atoms with Gasteiger partial charge in [-0.1, -0.05) is 12.1 Å². The third kappa shape index (κ3) is 3.74. The summed E-state index contributed by atoms with van der Waals surface area (Å²) < 4.78 is 22.8. The van der Waals surface area contributed by atoms with Crippen LogP contribution in [0.1, 0.15) is 24.1 Å². The normalized spacial score (nSPS) is 12.9. The van der Waals surface area contributed by atoms with Crippen molar-refractivity contribution in [3.63, 3.8) is 0 Å². The molecule has 1 unspecified atom stereocenters. The van der Waals surface area contributed by atoms with E-state index in [9.17, 15) is 13.5 Å². The van der Waals surface area contributed by atoms with E-state index in [0.717, 1.165) is 16.8 Å². The van der Waals surface area contributed by atoms with Crippen LogP contribution in [0.15, 0.2) is 47.4 Å². The molecular weight excluding hydrogens is 288 g/mol. The Balaban J connectivity index is 2.24. The molecule has 0 amide bonds. The summed E-state index contributed by atoms with van der Waals surface area (Å²) in [5.41, 5.74) is 2.43. The van der Waals surface area contributed by atoms with Gasteiger partial charge in [0.05, 0.1) is 4.90 Å². The monoisotopic (exact) mass is 306 g/mol. The molecular formula is C15H18N2O3S. The lowest BCUT2D eigenvalue weighted by molar-refractivity contribution is 0.471. The van der Waals surface area contributed by atoms with Gasteiger partial charge in [-0.3, -0.25) is 0 Å². The van der Waals surface area contributed by atoms with E-state index in [-0.39, 0.29) is 16.7 Å². The van der Waals surface area contributed by atoms with Gasteiger partial charge in [0.15, 0.2) is 0 Å². The zero-order valence-corrected chi connectivity index (χ0v) is 12.7. The Hall–Kier alpha value is -2.05. The second-order valence-corrected chi connectivity index (χ2v) is 6.55. The lowest BCUT2D eigenvalue weighted by atomic mass is 10.1. The molecule has 0 saturated heterocycles. The Labute approximate surface area is 124 Å². The number of phenols is 1. The maximum Gasteiger partial charge on any atom is 0.238 e. The van der Waals surface area contributed by atoms with E-state index in [2.05, 4.69) is 5.32 Å². The van der Waals surface area contributed by atoms with Crippen LogP contribution in [-0.4, -0.2) is 13.5 Å². The molecule has 0 aliphatic rings. The summed E-state index contributed by atoms with van der Waals surface area (Å²) in [6, 6.07) is 11.6. The maximum absolute atomic E-state index is 11.4. The summed E-state index contributed by atoms with van der Waals surface area (Å²) in [7, 11) is -3.70. The number of hydrogen-bond acceptors (Lipinski definition) is 4. The number of anilines is 1. The fraction of sp³-hybridized carbons (Fsp3) is 0.200. The first kappa shape index (κ1) is 15.3. The summed E-state index contributed by atoms with van der Waals surface area (Å²) in [5, 5.41) is 17.9. The van der Waals surface area contributed by atoms with Gasteiger partial charge in [-0.2, -0.15) is 0 Å². The number of nitrogens with two attached hydrogens (primary N) is 1. The van der Waals surface area contributed by atoms with Crippen molar-refractivity contribution < 1.29 is 13.5 Å². The summed E-state index contributed by atoms with van der Waals surface area (Å²) in [5.74, 6) is 0.240. The Bertz CT molecular complexity index is 757. The van der Waals surface area contributed by atoms with Gasteiger partial charge in [-0.25, -0.2) is 13.6 Å². The molecule has 0 aliphatic heterocycles. The quantitative estimate of drug-likeness (QED) is 0.757. The second kappa shape index (κ2) is 5.75. The Morgan fingerprint density at radius 3 is 2.52 bits per heavy atom. The van der Waals surface area contributed by atoms with E-state index in [4.69, 9.17) is 5.14 Å². The highest BCUT2D eigenvalue weighted by Gasteiger charge is 2.11. The maximum atomic E-state index is 11.4. The average molecular weight is 306 g/mol. The molecule has 0 saturated carbocycles. The molecule has 0 aromatic heterocycles. The molecule has 1 atom stereocenters. The largest absolute Gasteiger partial charge is 0.508 e. The predicted octanol–water partition coefficient (Wildman–Crippen LogP) is 2.52. The van der Waals surface area contributed by atoms with Crippen molar-refractivity contribution in [3.05, 3.63) is 53.6 Å². The van der Waals surface area contributed by atoms with Gasteiger partial charge >= 0.3 is 0 Å². The number of nitrogens with one attached hydrogen (secondary N) is 1. The first-order chi connectivity index (χ1) is 9.77. The molecule has 2 aromatic rings. The van der Waals surface area contributed by atoms with Gasteiger partial charge in [0.25, 0.3) is 0 Å². The molecule has 5 nitrogen and oxygen atoms in total. The summed E-state index contributed by atoms with van der Waals surface area (Å²) in [6.07, 6.45) is 0. The zero-order valence-electron chi connectivity index (χ0n) is 11.9. The Morgan fingerprint density at radius 1 is 1.19 bits per heavy atom. The Kier molecular flexibility index (Phi) is 4.20. The smallest absolute Gasteiger partial charge is 0.238 e. The van der Waals surface area contributed by atoms with Crippen LogP contribution < -0.4 is 10.5 Å². The van der Waals surface area contributed by atoms with E-state index in [1.807, 2.05) is 26.0 Å². The summed E-state index contributed by atoms with van der Waals surface area (Å²) >= 11 is 0. The van der Waals surface area contributed by atoms with Gasteiger partial charge < -0.3 is 10.4 Å². The highest BCUT2D eigenvalue weighted by atomic mass is 32.2. The number of aromatic hydroxyl groups is 1. The minimum absolute atomic E-state index is 0.0931. The molecule has 4 N–H and O–H groups in total. The van der Waals surface area contributed by atoms with E-state index in [1.54, 1.807) is 24.3 Å². The van der Waals surface area contributed by atoms with Crippen molar-refractivity contribution in [3.8, 4) is 5.75 Å². The van der Waals surface area contributed by atoms with Crippen molar-refractivity contribution in [2.45, 2.75) is 24.8 Å². The van der Waals surface area contributed by atoms with Gasteiger partial charge in [-0.15, -0.1) is 0 Å². The van der Waals surface area contributed by atoms with E-state index < -0.39 is 10.0 Å². The number of benzene rings is 2. The van der Waals surface area contributed by atoms with Crippen LogP contribution in [0.5, 0.6) is 5.75 Å². The third-order valence-corrected chi connectivity index (χ3v) is 4.18. The second-order valence-electron chi connectivity index (χ2n) is 4.98. The van der Waals surface area contributed by atoms with Gasteiger partial charge in [0.2, 0.25) is 10.0 Å². The van der Waals surface area contributed by atoms with Crippen LogP contribution in [0.4, 0.5) is 5.69 Å². The van der Waals surface area contributed by atoms with Gasteiger partial charge in [0, 0.05) is 11.7 Å². The molecule has 6 heteroatoms. The van der Waals surface area contributed by atoms with Crippen molar-refractivity contribution in [2.24, 2.45) is 5.14 Å². The fourth-order valence-electron chi connectivity index (χ4n) is 2.04. The lowest BCUT2D eigenvalue weighted by Gasteiger charge is -2.17. The summed E-state index contributed by atoms with van der Waals surface area (Å²) in [6.45, 7) is 3.73. The molecule has 2 rings (SSSR count). The molecule has 112 valence electrons. The SMILES string of the molecule is Cc1cc(NC(C)c2cccc(S(N)(=O)=O)c2)ccc1O. The first-order valence-corrected chi connectivity index (χ1v) is 8.01. The first-order valence-electron chi connectivity index (χ1n) is 6.46. The predicted molar refractivity (Wildman–Crippen MR) is 82.7 cm³/mol. The van der Waals surface area contributed by atoms with Crippen LogP contribution in [0.3, 0.4) is 0 Å². The number of primary sulfonamides is 1. The van der Waals surface area contributed by atoms with Crippen molar-refractivity contribution in [2.75, 3.05) is 5.32 Å².